The molecule has 3 nitrogen and oxygen atoms in total. The number of amides is 1. The molecule has 0 saturated heterocycles. The van der Waals surface area contributed by atoms with Crippen LogP contribution in [0, 0.1) is 5.41 Å². The van der Waals surface area contributed by atoms with Crippen LogP contribution < -0.4 is 10.1 Å². The number of carbonyl (C=O) groups is 1. The van der Waals surface area contributed by atoms with Crippen LogP contribution in [-0.4, -0.2) is 12.5 Å². The molecule has 0 unspecified atom stereocenters. The van der Waals surface area contributed by atoms with E-state index in [-0.39, 0.29) is 11.3 Å². The summed E-state index contributed by atoms with van der Waals surface area (Å²) in [4.78, 5) is 12.1. The van der Waals surface area contributed by atoms with Gasteiger partial charge in [-0.3, -0.25) is 4.79 Å². The molecule has 0 bridgehead atoms. The van der Waals surface area contributed by atoms with Gasteiger partial charge < -0.3 is 10.1 Å². The Bertz CT molecular complexity index is 497. The Balaban J connectivity index is 2.11. The highest BCUT2D eigenvalue weighted by Crippen LogP contribution is 2.33. The Labute approximate surface area is 122 Å². The second-order valence-electron chi connectivity index (χ2n) is 5.57. The van der Waals surface area contributed by atoms with E-state index in [1.54, 1.807) is 0 Å². The zero-order chi connectivity index (χ0) is 14.0. The number of benzene rings is 1. The topological polar surface area (TPSA) is 38.3 Å². The van der Waals surface area contributed by atoms with Crippen LogP contribution in [0.5, 0.6) is 5.75 Å². The molecule has 19 heavy (non-hydrogen) atoms. The van der Waals surface area contributed by atoms with E-state index in [2.05, 4.69) is 27.3 Å². The van der Waals surface area contributed by atoms with E-state index < -0.39 is 0 Å². The molecule has 1 amide bonds. The molecule has 1 aliphatic rings. The minimum atomic E-state index is -0.323. The maximum atomic E-state index is 12.1. The Kier molecular flexibility index (Phi) is 4.19. The number of fused-ring (bicyclic) bond motifs is 1. The molecule has 1 N–H and O–H groups in total. The molecular weight excluding hydrogens is 306 g/mol. The van der Waals surface area contributed by atoms with Gasteiger partial charge in [-0.1, -0.05) is 36.7 Å². The summed E-state index contributed by atoms with van der Waals surface area (Å²) in [7, 11) is 0. The van der Waals surface area contributed by atoms with Gasteiger partial charge in [0.05, 0.1) is 6.61 Å². The van der Waals surface area contributed by atoms with E-state index in [4.69, 9.17) is 4.74 Å². The highest BCUT2D eigenvalue weighted by atomic mass is 79.9. The summed E-state index contributed by atoms with van der Waals surface area (Å²) in [6.45, 7) is 7.20. The van der Waals surface area contributed by atoms with Gasteiger partial charge in [-0.15, -0.1) is 0 Å². The number of ether oxygens (including phenoxy) is 1. The molecule has 4 heteroatoms. The van der Waals surface area contributed by atoms with Crippen molar-refractivity contribution in [2.45, 2.75) is 40.2 Å². The molecule has 1 aromatic carbocycles. The van der Waals surface area contributed by atoms with Crippen molar-refractivity contribution in [2.75, 3.05) is 6.61 Å². The van der Waals surface area contributed by atoms with Crippen LogP contribution in [0.2, 0.25) is 0 Å². The van der Waals surface area contributed by atoms with Gasteiger partial charge in [0.1, 0.15) is 5.75 Å². The van der Waals surface area contributed by atoms with E-state index >= 15 is 0 Å². The number of halogens is 1. The molecule has 0 fully saturated rings. The maximum absolute atomic E-state index is 12.1. The number of carbonyl (C=O) groups excluding carboxylic acids is 1. The Morgan fingerprint density at radius 2 is 2.21 bits per heavy atom. The van der Waals surface area contributed by atoms with Gasteiger partial charge in [0.25, 0.3) is 0 Å². The summed E-state index contributed by atoms with van der Waals surface area (Å²) in [5.74, 6) is 1.03. The normalized spacial score (nSPS) is 13.9. The molecule has 0 saturated carbocycles. The molecule has 0 spiro atoms. The summed E-state index contributed by atoms with van der Waals surface area (Å²) in [5.41, 5.74) is 1.94. The third-order valence-corrected chi connectivity index (χ3v) is 4.22. The second kappa shape index (κ2) is 5.53. The smallest absolute Gasteiger partial charge is 0.225 e. The summed E-state index contributed by atoms with van der Waals surface area (Å²) in [6, 6.07) is 4.10. The van der Waals surface area contributed by atoms with Crippen LogP contribution in [0.25, 0.3) is 0 Å². The standard InChI is InChI=1S/C15H20BrNO2/c1-4-15(2,3)14(18)17-9-11-8-12(16)7-10-5-6-19-13(10)11/h7-8H,4-6,9H2,1-3H3,(H,17,18). The van der Waals surface area contributed by atoms with Crippen molar-refractivity contribution in [1.82, 2.24) is 5.32 Å². The lowest BCUT2D eigenvalue weighted by molar-refractivity contribution is -0.129. The number of nitrogens with one attached hydrogen (secondary N) is 1. The van der Waals surface area contributed by atoms with Crippen molar-refractivity contribution in [3.63, 3.8) is 0 Å². The molecular formula is C15H20BrNO2. The zero-order valence-electron chi connectivity index (χ0n) is 11.7. The SMILES string of the molecule is CCC(C)(C)C(=O)NCc1cc(Br)cc2c1OCC2. The number of hydrogen-bond acceptors (Lipinski definition) is 2. The molecule has 0 radical (unpaired) electrons. The molecule has 0 aliphatic carbocycles. The molecule has 0 aromatic heterocycles. The van der Waals surface area contributed by atoms with Gasteiger partial charge in [-0.2, -0.15) is 0 Å². The highest BCUT2D eigenvalue weighted by molar-refractivity contribution is 9.10. The van der Waals surface area contributed by atoms with Gasteiger partial charge in [0.15, 0.2) is 0 Å². The maximum Gasteiger partial charge on any atom is 0.225 e. The van der Waals surface area contributed by atoms with E-state index in [1.165, 1.54) is 5.56 Å². The van der Waals surface area contributed by atoms with E-state index in [0.717, 1.165) is 35.2 Å². The molecule has 1 aliphatic heterocycles. The quantitative estimate of drug-likeness (QED) is 0.920. The fourth-order valence-electron chi connectivity index (χ4n) is 2.05. The summed E-state index contributed by atoms with van der Waals surface area (Å²) >= 11 is 3.51. The third-order valence-electron chi connectivity index (χ3n) is 3.76. The zero-order valence-corrected chi connectivity index (χ0v) is 13.3. The van der Waals surface area contributed by atoms with Gasteiger partial charge in [0.2, 0.25) is 5.91 Å². The lowest BCUT2D eigenvalue weighted by Gasteiger charge is -2.22. The molecule has 0 atom stereocenters. The molecule has 104 valence electrons. The van der Waals surface area contributed by atoms with Crippen molar-refractivity contribution in [1.29, 1.82) is 0 Å². The van der Waals surface area contributed by atoms with E-state index in [9.17, 15) is 4.79 Å². The van der Waals surface area contributed by atoms with Gasteiger partial charge in [-0.25, -0.2) is 0 Å². The predicted octanol–water partition coefficient (Wildman–Crippen LogP) is 3.44. The van der Waals surface area contributed by atoms with Crippen molar-refractivity contribution < 1.29 is 9.53 Å². The average Bonchev–Trinajstić information content (AvgIpc) is 2.83. The van der Waals surface area contributed by atoms with Crippen molar-refractivity contribution in [2.24, 2.45) is 5.41 Å². The third kappa shape index (κ3) is 3.11. The molecule has 1 heterocycles. The Morgan fingerprint density at radius 1 is 1.47 bits per heavy atom. The van der Waals surface area contributed by atoms with Crippen molar-refractivity contribution in [3.05, 3.63) is 27.7 Å². The lowest BCUT2D eigenvalue weighted by atomic mass is 9.89. The van der Waals surface area contributed by atoms with Crippen LogP contribution in [0.3, 0.4) is 0 Å². The van der Waals surface area contributed by atoms with E-state index in [0.29, 0.717) is 6.54 Å². The van der Waals surface area contributed by atoms with E-state index in [1.807, 2.05) is 26.8 Å². The monoisotopic (exact) mass is 325 g/mol. The average molecular weight is 326 g/mol. The fourth-order valence-corrected chi connectivity index (χ4v) is 2.61. The molecule has 2 rings (SSSR count). The first-order valence-electron chi connectivity index (χ1n) is 6.66. The first-order chi connectivity index (χ1) is 8.94. The minimum absolute atomic E-state index is 0.0849. The summed E-state index contributed by atoms with van der Waals surface area (Å²) in [5, 5.41) is 3.01. The summed E-state index contributed by atoms with van der Waals surface area (Å²) < 4.78 is 6.69. The number of rotatable bonds is 4. The van der Waals surface area contributed by atoms with Crippen molar-refractivity contribution >= 4 is 21.8 Å². The second-order valence-corrected chi connectivity index (χ2v) is 6.49. The largest absolute Gasteiger partial charge is 0.493 e. The highest BCUT2D eigenvalue weighted by Gasteiger charge is 2.25. The lowest BCUT2D eigenvalue weighted by Crippen LogP contribution is -2.36. The van der Waals surface area contributed by atoms with Crippen LogP contribution >= 0.6 is 15.9 Å². The Morgan fingerprint density at radius 3 is 2.89 bits per heavy atom. The predicted molar refractivity (Wildman–Crippen MR) is 79.3 cm³/mol. The summed E-state index contributed by atoms with van der Waals surface area (Å²) in [6.07, 6.45) is 1.77. The van der Waals surface area contributed by atoms with Crippen LogP contribution in [0.4, 0.5) is 0 Å². The van der Waals surface area contributed by atoms with Gasteiger partial charge in [-0.05, 0) is 24.1 Å². The van der Waals surface area contributed by atoms with Gasteiger partial charge in [0, 0.05) is 28.4 Å². The van der Waals surface area contributed by atoms with Gasteiger partial charge >= 0.3 is 0 Å². The fraction of sp³-hybridized carbons (Fsp3) is 0.533. The van der Waals surface area contributed by atoms with Crippen LogP contribution in [0.15, 0.2) is 16.6 Å². The first kappa shape index (κ1) is 14.4. The van der Waals surface area contributed by atoms with Crippen LogP contribution in [-0.2, 0) is 17.8 Å². The molecule has 1 aromatic rings. The Hall–Kier alpha value is -1.03. The minimum Gasteiger partial charge on any atom is -0.493 e. The van der Waals surface area contributed by atoms with Crippen LogP contribution in [0.1, 0.15) is 38.3 Å². The first-order valence-corrected chi connectivity index (χ1v) is 7.45. The number of hydrogen-bond donors (Lipinski definition) is 1. The van der Waals surface area contributed by atoms with Crippen molar-refractivity contribution in [3.8, 4) is 5.75 Å².